The average Bonchev–Trinajstić information content (AvgIpc) is 3.62. The number of amides is 2. The fourth-order valence-corrected chi connectivity index (χ4v) is 9.70. The molecule has 2 N–H and O–H groups in total. The van der Waals surface area contributed by atoms with E-state index in [1.54, 1.807) is 29.7 Å². The van der Waals surface area contributed by atoms with E-state index >= 15 is 0 Å². The molecule has 3 aromatic carbocycles. The highest BCUT2D eigenvalue weighted by Crippen LogP contribution is 2.42. The Morgan fingerprint density at radius 3 is 2.41 bits per heavy atom. The van der Waals surface area contributed by atoms with Gasteiger partial charge >= 0.3 is 5.97 Å². The first-order valence-corrected chi connectivity index (χ1v) is 18.9. The maximum atomic E-state index is 14.2. The van der Waals surface area contributed by atoms with Gasteiger partial charge in [-0.1, -0.05) is 78.5 Å². The van der Waals surface area contributed by atoms with Crippen molar-refractivity contribution in [2.75, 3.05) is 5.75 Å². The van der Waals surface area contributed by atoms with Crippen LogP contribution in [0.3, 0.4) is 0 Å². The molecule has 49 heavy (non-hydrogen) atoms. The molecule has 12 heteroatoms. The van der Waals surface area contributed by atoms with Crippen LogP contribution in [0.4, 0.5) is 0 Å². The van der Waals surface area contributed by atoms with Crippen LogP contribution in [-0.4, -0.2) is 45.0 Å². The Hall–Kier alpha value is -4.62. The van der Waals surface area contributed by atoms with Gasteiger partial charge < -0.3 is 15.2 Å². The van der Waals surface area contributed by atoms with Crippen molar-refractivity contribution < 1.29 is 24.2 Å². The van der Waals surface area contributed by atoms with Crippen molar-refractivity contribution in [1.82, 2.24) is 10.2 Å². The van der Waals surface area contributed by atoms with Gasteiger partial charge in [0, 0.05) is 26.8 Å². The van der Waals surface area contributed by atoms with Crippen LogP contribution in [0.25, 0.3) is 10.1 Å². The van der Waals surface area contributed by atoms with Crippen LogP contribution in [0.15, 0.2) is 134 Å². The van der Waals surface area contributed by atoms with Gasteiger partial charge in [0.05, 0.1) is 10.6 Å². The van der Waals surface area contributed by atoms with Crippen molar-refractivity contribution in [2.45, 2.75) is 28.1 Å². The van der Waals surface area contributed by atoms with E-state index < -0.39 is 23.5 Å². The number of fused-ring (bicyclic) bond motifs is 2. The monoisotopic (exact) mass is 724 g/mol. The van der Waals surface area contributed by atoms with E-state index in [0.717, 1.165) is 16.0 Å². The van der Waals surface area contributed by atoms with Crippen LogP contribution in [0.1, 0.15) is 22.1 Å². The standard InChI is InChI=1S/C37H28N2O6S4/c40-25-13-14-27-28(41)20-31(49-29(27)18-25)47-17-15-24-21-48-36-32(38-30(42)19-26-12-7-16-46-26)35(43)39(36)33(24)37(44)45-34(22-8-3-1-4-9-22)23-10-5-2-6-11-23/h1-18,20,32,34,36,40H,19,21H2,(H,38,42)/t32?,36-/m1/s1. The summed E-state index contributed by atoms with van der Waals surface area (Å²) in [7, 11) is 0. The maximum Gasteiger partial charge on any atom is 0.356 e. The van der Waals surface area contributed by atoms with Crippen LogP contribution in [0.2, 0.25) is 0 Å². The molecule has 2 aromatic heterocycles. The predicted octanol–water partition coefficient (Wildman–Crippen LogP) is 6.86. The first-order valence-electron chi connectivity index (χ1n) is 15.3. The van der Waals surface area contributed by atoms with Gasteiger partial charge in [0.15, 0.2) is 11.5 Å². The van der Waals surface area contributed by atoms with E-state index in [2.05, 4.69) is 5.32 Å². The van der Waals surface area contributed by atoms with E-state index in [-0.39, 0.29) is 35.1 Å². The van der Waals surface area contributed by atoms with Gasteiger partial charge in [0.2, 0.25) is 5.91 Å². The number of nitrogens with one attached hydrogen (secondary N) is 1. The number of phenols is 1. The number of allylic oxidation sites excluding steroid dienone is 1. The second kappa shape index (κ2) is 14.5. The van der Waals surface area contributed by atoms with E-state index in [4.69, 9.17) is 4.74 Å². The van der Waals surface area contributed by atoms with Crippen LogP contribution in [0, 0.1) is 0 Å². The van der Waals surface area contributed by atoms with Crippen LogP contribution < -0.4 is 10.7 Å². The Balaban J connectivity index is 1.19. The average molecular weight is 725 g/mol. The number of phenolic OH excluding ortho intramolecular Hbond substituents is 1. The topological polar surface area (TPSA) is 113 Å². The zero-order chi connectivity index (χ0) is 33.9. The predicted molar refractivity (Wildman–Crippen MR) is 196 cm³/mol. The molecule has 0 aliphatic carbocycles. The van der Waals surface area contributed by atoms with Gasteiger partial charge in [-0.15, -0.1) is 34.4 Å². The molecule has 1 fully saturated rings. The minimum atomic E-state index is -0.773. The Kier molecular flexibility index (Phi) is 9.72. The number of hydrogen-bond donors (Lipinski definition) is 2. The molecule has 2 aliphatic heterocycles. The molecule has 0 saturated carbocycles. The third-order valence-electron chi connectivity index (χ3n) is 8.00. The molecule has 1 saturated heterocycles. The highest BCUT2D eigenvalue weighted by molar-refractivity contribution is 8.04. The SMILES string of the molecule is O=C(Cc1cccs1)NC1C(=O)N2C(C(=O)OC(c3ccccc3)c3ccccc3)=C(C=CSc3cc(=O)c4ccc(O)cc4s3)CS[C@H]12. The van der Waals surface area contributed by atoms with E-state index in [1.807, 2.05) is 78.2 Å². The number of thiophene rings is 1. The maximum absolute atomic E-state index is 14.2. The number of hydrogen-bond acceptors (Lipinski definition) is 10. The van der Waals surface area contributed by atoms with Gasteiger partial charge in [0.25, 0.3) is 5.91 Å². The third kappa shape index (κ3) is 7.09. The lowest BCUT2D eigenvalue weighted by Crippen LogP contribution is -2.70. The van der Waals surface area contributed by atoms with Gasteiger partial charge in [-0.25, -0.2) is 4.79 Å². The van der Waals surface area contributed by atoms with Crippen LogP contribution in [0.5, 0.6) is 5.75 Å². The number of β-lactam (4-membered cyclic amide) rings is 1. The van der Waals surface area contributed by atoms with Crippen molar-refractivity contribution in [2.24, 2.45) is 0 Å². The number of aromatic hydroxyl groups is 1. The second-order valence-corrected chi connectivity index (χ2v) is 15.6. The zero-order valence-electron chi connectivity index (χ0n) is 25.7. The first kappa shape index (κ1) is 32.9. The molecule has 7 rings (SSSR count). The van der Waals surface area contributed by atoms with E-state index in [0.29, 0.717) is 25.6 Å². The number of nitrogens with zero attached hydrogens (tertiary/aromatic N) is 1. The van der Waals surface area contributed by atoms with E-state index in [9.17, 15) is 24.3 Å². The van der Waals surface area contributed by atoms with Crippen LogP contribution >= 0.6 is 46.2 Å². The molecule has 2 atom stereocenters. The largest absolute Gasteiger partial charge is 0.508 e. The normalized spacial score (nSPS) is 17.3. The summed E-state index contributed by atoms with van der Waals surface area (Å²) in [5, 5.41) is 16.5. The summed E-state index contributed by atoms with van der Waals surface area (Å²) >= 11 is 5.60. The molecule has 5 aromatic rings. The molecular weight excluding hydrogens is 697 g/mol. The van der Waals surface area contributed by atoms with Gasteiger partial charge in [-0.3, -0.25) is 19.3 Å². The van der Waals surface area contributed by atoms with E-state index in [1.165, 1.54) is 57.2 Å². The minimum absolute atomic E-state index is 0.0764. The lowest BCUT2D eigenvalue weighted by atomic mass is 10.0. The number of esters is 1. The molecule has 8 nitrogen and oxygen atoms in total. The molecule has 0 radical (unpaired) electrons. The Labute approximate surface area is 298 Å². The van der Waals surface area contributed by atoms with Crippen molar-refractivity contribution >= 4 is 74.1 Å². The lowest BCUT2D eigenvalue weighted by molar-refractivity contribution is -0.154. The molecule has 2 amide bonds. The molecule has 0 spiro atoms. The summed E-state index contributed by atoms with van der Waals surface area (Å²) in [6.45, 7) is 0. The van der Waals surface area contributed by atoms with Crippen molar-refractivity contribution in [1.29, 1.82) is 0 Å². The van der Waals surface area contributed by atoms with Gasteiger partial charge in [0.1, 0.15) is 22.9 Å². The van der Waals surface area contributed by atoms with Crippen molar-refractivity contribution in [3.63, 3.8) is 0 Å². The summed E-state index contributed by atoms with van der Waals surface area (Å²) in [5.41, 5.74) is 2.12. The molecule has 1 unspecified atom stereocenters. The number of benzene rings is 3. The minimum Gasteiger partial charge on any atom is -0.508 e. The summed E-state index contributed by atoms with van der Waals surface area (Å²) in [6.07, 6.45) is 1.22. The highest BCUT2D eigenvalue weighted by atomic mass is 32.2. The number of rotatable bonds is 10. The Morgan fingerprint density at radius 1 is 0.980 bits per heavy atom. The summed E-state index contributed by atoms with van der Waals surface area (Å²) in [5.74, 6) is -0.836. The first-order chi connectivity index (χ1) is 23.9. The number of carbonyl (C=O) groups excluding carboxylic acids is 3. The fourth-order valence-electron chi connectivity index (χ4n) is 5.67. The zero-order valence-corrected chi connectivity index (χ0v) is 29.0. The van der Waals surface area contributed by atoms with Crippen LogP contribution in [-0.2, 0) is 25.5 Å². The second-order valence-electron chi connectivity index (χ2n) is 11.2. The number of carbonyl (C=O) groups is 3. The third-order valence-corrected chi connectivity index (χ3v) is 12.2. The number of thioether (sulfide) groups is 2. The Bertz CT molecular complexity index is 2110. The Morgan fingerprint density at radius 2 is 1.71 bits per heavy atom. The molecule has 4 heterocycles. The number of ether oxygens (including phenoxy) is 1. The molecule has 0 bridgehead atoms. The van der Waals surface area contributed by atoms with Crippen molar-refractivity contribution in [3.8, 4) is 5.75 Å². The summed E-state index contributed by atoms with van der Waals surface area (Å²) in [6, 6.07) is 28.0. The fraction of sp³-hybridized carbons (Fsp3) is 0.135. The summed E-state index contributed by atoms with van der Waals surface area (Å²) in [4.78, 5) is 55.8. The smallest absolute Gasteiger partial charge is 0.356 e. The van der Waals surface area contributed by atoms with Gasteiger partial charge in [-0.05, 0) is 57.8 Å². The highest BCUT2D eigenvalue weighted by Gasteiger charge is 2.54. The molecule has 2 aliphatic rings. The molecule has 246 valence electrons. The quantitative estimate of drug-likeness (QED) is 0.0913. The molecular formula is C37H28N2O6S4. The lowest BCUT2D eigenvalue weighted by Gasteiger charge is -2.49. The summed E-state index contributed by atoms with van der Waals surface area (Å²) < 4.78 is 7.59. The van der Waals surface area contributed by atoms with Gasteiger partial charge in [-0.2, -0.15) is 0 Å². The van der Waals surface area contributed by atoms with Crippen molar-refractivity contribution in [3.05, 3.63) is 151 Å².